The minimum atomic E-state index is 0.405. The van der Waals surface area contributed by atoms with E-state index in [1.165, 1.54) is 75.7 Å². The molecule has 1 aliphatic carbocycles. The number of carbonyl (C=O) groups excluding carboxylic acids is 1. The summed E-state index contributed by atoms with van der Waals surface area (Å²) in [6.45, 7) is 16.8. The van der Waals surface area contributed by atoms with Crippen LogP contribution in [0.15, 0.2) is 60.8 Å². The molecule has 2 fully saturated rings. The maximum atomic E-state index is 11.1. The van der Waals surface area contributed by atoms with Crippen molar-refractivity contribution in [1.82, 2.24) is 15.1 Å². The molecule has 2 aliphatic rings. The molecule has 1 saturated heterocycles. The summed E-state index contributed by atoms with van der Waals surface area (Å²) in [4.78, 5) is 18.0. The summed E-state index contributed by atoms with van der Waals surface area (Å²) in [5, 5.41) is 3.96. The Morgan fingerprint density at radius 2 is 1.68 bits per heavy atom. The number of aryl methyl sites for hydroxylation is 1. The SMILES string of the molecule is C=C(CN(CC=O)c1ccccc1C)N(C)C1CCCCC1.CC(C)c1ccc(Cl)cc1.CNCCN1CCCC1. The Morgan fingerprint density at radius 3 is 2.24 bits per heavy atom. The number of hydrogen-bond donors (Lipinski definition) is 1. The molecule has 1 heterocycles. The van der Waals surface area contributed by atoms with Gasteiger partial charge in [-0.15, -0.1) is 0 Å². The monoisotopic (exact) mass is 582 g/mol. The third-order valence-corrected chi connectivity index (χ3v) is 8.41. The number of carbonyl (C=O) groups is 1. The number of para-hydroxylation sites is 1. The molecular weight excluding hydrogens is 528 g/mol. The highest BCUT2D eigenvalue weighted by Crippen LogP contribution is 2.25. The zero-order valence-electron chi connectivity index (χ0n) is 26.4. The fraction of sp³-hybridized carbons (Fsp3) is 0.571. The van der Waals surface area contributed by atoms with E-state index in [0.29, 0.717) is 25.0 Å². The fourth-order valence-electron chi connectivity index (χ4n) is 5.44. The molecule has 1 saturated carbocycles. The van der Waals surface area contributed by atoms with Crippen molar-refractivity contribution in [2.24, 2.45) is 0 Å². The summed E-state index contributed by atoms with van der Waals surface area (Å²) in [5.41, 5.74) is 4.74. The zero-order valence-corrected chi connectivity index (χ0v) is 27.1. The molecule has 0 bridgehead atoms. The van der Waals surface area contributed by atoms with Crippen LogP contribution in [0.5, 0.6) is 0 Å². The summed E-state index contributed by atoms with van der Waals surface area (Å²) in [7, 11) is 4.16. The lowest BCUT2D eigenvalue weighted by Gasteiger charge is -2.36. The Kier molecular flexibility index (Phi) is 16.8. The van der Waals surface area contributed by atoms with Gasteiger partial charge in [-0.25, -0.2) is 0 Å². The number of aldehydes is 1. The zero-order chi connectivity index (χ0) is 30.0. The Hall–Kier alpha value is -2.34. The Labute approximate surface area is 255 Å². The number of nitrogens with one attached hydrogen (secondary N) is 1. The molecule has 41 heavy (non-hydrogen) atoms. The first-order valence-electron chi connectivity index (χ1n) is 15.5. The van der Waals surface area contributed by atoms with Crippen molar-refractivity contribution in [2.45, 2.75) is 77.7 Å². The number of hydrogen-bond acceptors (Lipinski definition) is 5. The molecule has 0 unspecified atom stereocenters. The summed E-state index contributed by atoms with van der Waals surface area (Å²) >= 11 is 5.72. The van der Waals surface area contributed by atoms with E-state index < -0.39 is 0 Å². The van der Waals surface area contributed by atoms with Gasteiger partial charge in [0.25, 0.3) is 0 Å². The van der Waals surface area contributed by atoms with Gasteiger partial charge >= 0.3 is 0 Å². The summed E-state index contributed by atoms with van der Waals surface area (Å²) in [5.74, 6) is 0.595. The van der Waals surface area contributed by atoms with Crippen LogP contribution < -0.4 is 10.2 Å². The number of likely N-dealkylation sites (tertiary alicyclic amines) is 1. The van der Waals surface area contributed by atoms with Crippen LogP contribution in [0.3, 0.4) is 0 Å². The Morgan fingerprint density at radius 1 is 1.05 bits per heavy atom. The van der Waals surface area contributed by atoms with E-state index in [9.17, 15) is 4.79 Å². The first kappa shape index (κ1) is 34.9. The molecule has 228 valence electrons. The molecule has 4 rings (SSSR count). The molecule has 1 N–H and O–H groups in total. The van der Waals surface area contributed by atoms with Crippen molar-refractivity contribution in [1.29, 1.82) is 0 Å². The predicted octanol–water partition coefficient (Wildman–Crippen LogP) is 7.54. The molecule has 2 aromatic carbocycles. The van der Waals surface area contributed by atoms with Crippen LogP contribution >= 0.6 is 11.6 Å². The smallest absolute Gasteiger partial charge is 0.139 e. The summed E-state index contributed by atoms with van der Waals surface area (Å²) in [6, 6.07) is 16.8. The van der Waals surface area contributed by atoms with E-state index in [4.69, 9.17) is 11.6 Å². The second-order valence-corrected chi connectivity index (χ2v) is 12.1. The average Bonchev–Trinajstić information content (AvgIpc) is 3.51. The van der Waals surface area contributed by atoms with E-state index in [2.05, 4.69) is 78.7 Å². The van der Waals surface area contributed by atoms with Crippen molar-refractivity contribution >= 4 is 23.6 Å². The highest BCUT2D eigenvalue weighted by atomic mass is 35.5. The van der Waals surface area contributed by atoms with Gasteiger partial charge in [-0.1, -0.05) is 81.6 Å². The highest BCUT2D eigenvalue weighted by Gasteiger charge is 2.20. The first-order valence-corrected chi connectivity index (χ1v) is 15.9. The van der Waals surface area contributed by atoms with Gasteiger partial charge in [0.05, 0.1) is 13.1 Å². The second-order valence-electron chi connectivity index (χ2n) is 11.7. The lowest BCUT2D eigenvalue weighted by molar-refractivity contribution is -0.106. The Balaban J connectivity index is 0.000000254. The van der Waals surface area contributed by atoms with E-state index >= 15 is 0 Å². The van der Waals surface area contributed by atoms with Crippen LogP contribution in [0.4, 0.5) is 5.69 Å². The average molecular weight is 583 g/mol. The third kappa shape index (κ3) is 13.0. The molecule has 0 spiro atoms. The van der Waals surface area contributed by atoms with Crippen molar-refractivity contribution < 1.29 is 4.79 Å². The van der Waals surface area contributed by atoms with Gasteiger partial charge in [0.1, 0.15) is 6.29 Å². The van der Waals surface area contributed by atoms with Crippen LogP contribution in [0.2, 0.25) is 5.02 Å². The Bertz CT molecular complexity index is 997. The molecule has 0 aromatic heterocycles. The normalized spacial score (nSPS) is 15.4. The summed E-state index contributed by atoms with van der Waals surface area (Å²) < 4.78 is 0. The maximum Gasteiger partial charge on any atom is 0.139 e. The van der Waals surface area contributed by atoms with Crippen molar-refractivity contribution in [3.8, 4) is 0 Å². The number of benzene rings is 2. The van der Waals surface area contributed by atoms with Crippen LogP contribution in [-0.2, 0) is 4.79 Å². The molecule has 2 aromatic rings. The topological polar surface area (TPSA) is 38.8 Å². The minimum Gasteiger partial charge on any atom is -0.374 e. The molecule has 0 radical (unpaired) electrons. The maximum absolute atomic E-state index is 11.1. The number of anilines is 1. The van der Waals surface area contributed by atoms with E-state index in [0.717, 1.165) is 29.2 Å². The number of nitrogens with zero attached hydrogens (tertiary/aromatic N) is 3. The largest absolute Gasteiger partial charge is 0.374 e. The lowest BCUT2D eigenvalue weighted by Crippen LogP contribution is -2.38. The van der Waals surface area contributed by atoms with Gasteiger partial charge in [-0.3, -0.25) is 0 Å². The van der Waals surface area contributed by atoms with Gasteiger partial charge in [0, 0.05) is 42.6 Å². The van der Waals surface area contributed by atoms with Crippen molar-refractivity contribution in [3.63, 3.8) is 0 Å². The molecular formula is C35H55ClN4O. The van der Waals surface area contributed by atoms with Gasteiger partial charge < -0.3 is 24.8 Å². The molecule has 1 aliphatic heterocycles. The third-order valence-electron chi connectivity index (χ3n) is 8.16. The minimum absolute atomic E-state index is 0.405. The van der Waals surface area contributed by atoms with E-state index in [1.54, 1.807) is 0 Å². The van der Waals surface area contributed by atoms with Crippen molar-refractivity contribution in [3.05, 3.63) is 77.0 Å². The van der Waals surface area contributed by atoms with Crippen LogP contribution in [-0.4, -0.2) is 75.5 Å². The molecule has 0 atom stereocenters. The number of rotatable bonds is 11. The fourth-order valence-corrected chi connectivity index (χ4v) is 5.56. The van der Waals surface area contributed by atoms with Gasteiger partial charge in [0.15, 0.2) is 0 Å². The van der Waals surface area contributed by atoms with Gasteiger partial charge in [-0.05, 0) is 88.0 Å². The summed E-state index contributed by atoms with van der Waals surface area (Å²) in [6.07, 6.45) is 10.3. The highest BCUT2D eigenvalue weighted by molar-refractivity contribution is 6.30. The predicted molar refractivity (Wildman–Crippen MR) is 178 cm³/mol. The van der Waals surface area contributed by atoms with Crippen LogP contribution in [0.25, 0.3) is 0 Å². The van der Waals surface area contributed by atoms with Gasteiger partial charge in [-0.2, -0.15) is 0 Å². The van der Waals surface area contributed by atoms with E-state index in [-0.39, 0.29) is 0 Å². The van der Waals surface area contributed by atoms with Crippen LogP contribution in [0.1, 0.15) is 75.8 Å². The lowest BCUT2D eigenvalue weighted by atomic mass is 9.94. The quantitative estimate of drug-likeness (QED) is 0.277. The van der Waals surface area contributed by atoms with E-state index in [1.807, 2.05) is 31.3 Å². The number of halogens is 1. The second kappa shape index (κ2) is 19.7. The number of likely N-dealkylation sites (N-methyl/N-ethyl adjacent to an activating group) is 2. The molecule has 5 nitrogen and oxygen atoms in total. The van der Waals surface area contributed by atoms with Crippen molar-refractivity contribution in [2.75, 3.05) is 58.3 Å². The molecule has 0 amide bonds. The molecule has 6 heteroatoms. The van der Waals surface area contributed by atoms with Gasteiger partial charge in [0.2, 0.25) is 0 Å². The first-order chi connectivity index (χ1) is 19.8. The standard InChI is InChI=1S/C19H28N2O.C9H11Cl.C7H16N2/c1-16-9-7-8-12-19(16)21(13-14-22)15-17(2)20(3)18-10-5-4-6-11-18;1-7(2)8-3-5-9(10)6-4-8;1-8-4-7-9-5-2-3-6-9/h7-9,12,14,18H,2,4-6,10-11,13,15H2,1,3H3;3-7H,1-2H3;8H,2-7H2,1H3. The van der Waals surface area contributed by atoms with Crippen LogP contribution in [0, 0.1) is 6.92 Å².